The molecule has 0 unspecified atom stereocenters. The van der Waals surface area contributed by atoms with Crippen LogP contribution in [0.25, 0.3) is 0 Å². The van der Waals surface area contributed by atoms with Gasteiger partial charge in [0.15, 0.2) is 0 Å². The van der Waals surface area contributed by atoms with Crippen molar-refractivity contribution < 1.29 is 13.2 Å². The van der Waals surface area contributed by atoms with E-state index in [2.05, 4.69) is 15.9 Å². The molecule has 0 saturated carbocycles. The van der Waals surface area contributed by atoms with E-state index in [0.717, 1.165) is 4.99 Å². The predicted molar refractivity (Wildman–Crippen MR) is 28.7 cm³/mol. The van der Waals surface area contributed by atoms with Gasteiger partial charge in [0.05, 0.1) is 6.42 Å². The van der Waals surface area contributed by atoms with Gasteiger partial charge in [0.25, 0.3) is 0 Å². The molecular weight excluding hydrogens is 185 g/mol. The van der Waals surface area contributed by atoms with Crippen molar-refractivity contribution in [2.24, 2.45) is 0 Å². The van der Waals surface area contributed by atoms with Crippen LogP contribution in [0.4, 0.5) is 13.2 Å². The third-order valence-corrected chi connectivity index (χ3v) is 0.964. The van der Waals surface area contributed by atoms with Crippen molar-refractivity contribution in [1.82, 2.24) is 0 Å². The number of halogens is 4. The lowest BCUT2D eigenvalue weighted by molar-refractivity contribution is 0.141. The van der Waals surface area contributed by atoms with Crippen LogP contribution in [0.2, 0.25) is 0 Å². The molecule has 0 rings (SSSR count). The number of hydrogen-bond acceptors (Lipinski definition) is 0. The fraction of sp³-hybridized carbons (Fsp3) is 0.500. The first kappa shape index (κ1) is 8.01. The van der Waals surface area contributed by atoms with Gasteiger partial charge in [-0.3, -0.25) is 0 Å². The zero-order valence-electron chi connectivity index (χ0n) is 3.87. The summed E-state index contributed by atoms with van der Waals surface area (Å²) in [4.78, 5) is 0.846. The van der Waals surface area contributed by atoms with Gasteiger partial charge in [-0.15, -0.1) is 0 Å². The minimum atomic E-state index is -2.59. The maximum atomic E-state index is 11.7. The largest absolute Gasteiger partial charge is 0.244 e. The van der Waals surface area contributed by atoms with E-state index >= 15 is 0 Å². The van der Waals surface area contributed by atoms with Crippen LogP contribution < -0.4 is 0 Å². The summed E-state index contributed by atoms with van der Waals surface area (Å²) in [6, 6.07) is 0. The summed E-state index contributed by atoms with van der Waals surface area (Å²) < 4.78 is 34.1. The summed E-state index contributed by atoms with van der Waals surface area (Å²) in [5.74, 6) is -0.833. The van der Waals surface area contributed by atoms with Crippen molar-refractivity contribution in [3.63, 3.8) is 0 Å². The second-order valence-corrected chi connectivity index (χ2v) is 1.61. The molecule has 48 valence electrons. The highest BCUT2D eigenvalue weighted by molar-refractivity contribution is 9.11. The van der Waals surface area contributed by atoms with E-state index in [1.165, 1.54) is 0 Å². The molecule has 0 radical (unpaired) electrons. The Labute approximate surface area is 53.5 Å². The Morgan fingerprint density at radius 3 is 2.25 bits per heavy atom. The molecule has 0 aromatic rings. The first-order valence-electron chi connectivity index (χ1n) is 1.89. The predicted octanol–water partition coefficient (Wildman–Crippen LogP) is 2.85. The molecule has 0 nitrogen and oxygen atoms in total. The Balaban J connectivity index is 3.39. The van der Waals surface area contributed by atoms with E-state index in [1.807, 2.05) is 0 Å². The van der Waals surface area contributed by atoms with Gasteiger partial charge in [-0.1, -0.05) is 15.9 Å². The molecule has 0 spiro atoms. The van der Waals surface area contributed by atoms with Crippen molar-refractivity contribution in [2.75, 3.05) is 0 Å². The fourth-order valence-electron chi connectivity index (χ4n) is 0.192. The molecular formula is C4H4BrF3. The monoisotopic (exact) mass is 188 g/mol. The van der Waals surface area contributed by atoms with Gasteiger partial charge >= 0.3 is 0 Å². The highest BCUT2D eigenvalue weighted by Crippen LogP contribution is 2.11. The first-order chi connectivity index (χ1) is 3.66. The Bertz CT molecular complexity index is 89.3. The topological polar surface area (TPSA) is 0 Å². The van der Waals surface area contributed by atoms with Gasteiger partial charge in [0.2, 0.25) is 6.43 Å². The van der Waals surface area contributed by atoms with Crippen LogP contribution >= 0.6 is 15.9 Å². The van der Waals surface area contributed by atoms with Crippen LogP contribution in [-0.4, -0.2) is 6.43 Å². The zero-order chi connectivity index (χ0) is 6.57. The Morgan fingerprint density at radius 1 is 1.62 bits per heavy atom. The van der Waals surface area contributed by atoms with Crippen molar-refractivity contribution >= 4 is 15.9 Å². The molecule has 0 atom stereocenters. The molecule has 0 aliphatic rings. The van der Waals surface area contributed by atoms with Gasteiger partial charge in [-0.05, 0) is 0 Å². The van der Waals surface area contributed by atoms with Gasteiger partial charge in [-0.25, -0.2) is 13.2 Å². The molecule has 0 aliphatic carbocycles. The van der Waals surface area contributed by atoms with E-state index in [-0.39, 0.29) is 0 Å². The molecule has 0 saturated heterocycles. The zero-order valence-corrected chi connectivity index (χ0v) is 5.46. The highest BCUT2D eigenvalue weighted by atomic mass is 79.9. The molecule has 0 aromatic heterocycles. The normalized spacial score (nSPS) is 12.9. The summed E-state index contributed by atoms with van der Waals surface area (Å²) in [6.45, 7) is 0. The summed E-state index contributed by atoms with van der Waals surface area (Å²) in [7, 11) is 0. The number of alkyl halides is 2. The fourth-order valence-corrected chi connectivity index (χ4v) is 0.379. The van der Waals surface area contributed by atoms with Crippen molar-refractivity contribution in [2.45, 2.75) is 12.8 Å². The lowest BCUT2D eigenvalue weighted by Crippen LogP contribution is -1.88. The highest BCUT2D eigenvalue weighted by Gasteiger charge is 2.04. The summed E-state index contributed by atoms with van der Waals surface area (Å²) in [5, 5.41) is 0. The van der Waals surface area contributed by atoms with E-state index in [0.29, 0.717) is 0 Å². The van der Waals surface area contributed by atoms with Gasteiger partial charge in [0, 0.05) is 4.99 Å². The van der Waals surface area contributed by atoms with E-state index < -0.39 is 18.7 Å². The minimum absolute atomic E-state index is 0.800. The lowest BCUT2D eigenvalue weighted by Gasteiger charge is -1.91. The molecule has 8 heavy (non-hydrogen) atoms. The standard InChI is InChI=1S/C4H4BrF3/c5-2-3(6)1-4(7)8/h2,4H,1H2. The van der Waals surface area contributed by atoms with Crippen LogP contribution in [0.5, 0.6) is 0 Å². The quantitative estimate of drug-likeness (QED) is 0.626. The molecule has 4 heteroatoms. The molecule has 0 fully saturated rings. The molecule has 0 N–H and O–H groups in total. The second-order valence-electron chi connectivity index (χ2n) is 1.15. The maximum Gasteiger partial charge on any atom is 0.244 e. The summed E-state index contributed by atoms with van der Waals surface area (Å²) in [5.41, 5.74) is 0. The summed E-state index contributed by atoms with van der Waals surface area (Å²) >= 11 is 2.57. The Kier molecular flexibility index (Phi) is 3.95. The van der Waals surface area contributed by atoms with Gasteiger partial charge in [0.1, 0.15) is 5.83 Å². The molecule has 0 heterocycles. The van der Waals surface area contributed by atoms with E-state index in [4.69, 9.17) is 0 Å². The average Bonchev–Trinajstić information content (AvgIpc) is 1.65. The lowest BCUT2D eigenvalue weighted by atomic mass is 10.4. The Hall–Kier alpha value is 0.01000. The third kappa shape index (κ3) is 4.18. The van der Waals surface area contributed by atoms with Crippen LogP contribution in [0.3, 0.4) is 0 Å². The first-order valence-corrected chi connectivity index (χ1v) is 2.81. The molecule has 0 bridgehead atoms. The van der Waals surface area contributed by atoms with Crippen LogP contribution in [0.15, 0.2) is 10.8 Å². The number of rotatable bonds is 2. The minimum Gasteiger partial charge on any atom is -0.211 e. The number of allylic oxidation sites excluding steroid dienone is 1. The van der Waals surface area contributed by atoms with Crippen LogP contribution in [0, 0.1) is 0 Å². The maximum absolute atomic E-state index is 11.7. The summed E-state index contributed by atoms with van der Waals surface area (Å²) in [6.07, 6.45) is -3.39. The third-order valence-electron chi connectivity index (χ3n) is 0.468. The average molecular weight is 189 g/mol. The second kappa shape index (κ2) is 3.95. The van der Waals surface area contributed by atoms with Crippen molar-refractivity contribution in [3.8, 4) is 0 Å². The van der Waals surface area contributed by atoms with Crippen molar-refractivity contribution in [1.29, 1.82) is 0 Å². The van der Waals surface area contributed by atoms with E-state index in [9.17, 15) is 13.2 Å². The van der Waals surface area contributed by atoms with Crippen LogP contribution in [-0.2, 0) is 0 Å². The smallest absolute Gasteiger partial charge is 0.211 e. The molecule has 0 amide bonds. The van der Waals surface area contributed by atoms with Crippen LogP contribution in [0.1, 0.15) is 6.42 Å². The van der Waals surface area contributed by atoms with Gasteiger partial charge in [-0.2, -0.15) is 0 Å². The van der Waals surface area contributed by atoms with Crippen molar-refractivity contribution in [3.05, 3.63) is 10.8 Å². The van der Waals surface area contributed by atoms with E-state index in [1.54, 1.807) is 0 Å². The molecule has 0 aliphatic heterocycles. The molecule has 0 aromatic carbocycles. The Morgan fingerprint density at radius 2 is 2.12 bits per heavy atom. The SMILES string of the molecule is FC(=CBr)CC(F)F. The number of hydrogen-bond donors (Lipinski definition) is 0. The van der Waals surface area contributed by atoms with Gasteiger partial charge < -0.3 is 0 Å².